The topological polar surface area (TPSA) is 54.4 Å². The largest absolute Gasteiger partial charge is 0.391 e. The van der Waals surface area contributed by atoms with E-state index in [1.54, 1.807) is 6.92 Å². The quantitative estimate of drug-likeness (QED) is 0.780. The molecule has 0 bridgehead atoms. The van der Waals surface area contributed by atoms with Gasteiger partial charge in [0, 0.05) is 0 Å². The van der Waals surface area contributed by atoms with E-state index in [1.165, 1.54) is 11.3 Å². The highest BCUT2D eigenvalue weighted by molar-refractivity contribution is 7.22. The molecule has 0 aliphatic rings. The maximum atomic E-state index is 8.99. The van der Waals surface area contributed by atoms with Gasteiger partial charge in [-0.25, -0.2) is 10.5 Å². The average Bonchev–Trinajstić information content (AvgIpc) is 2.59. The Morgan fingerprint density at radius 1 is 1.53 bits per heavy atom. The predicted octanol–water partition coefficient (Wildman–Crippen LogP) is 2.02. The van der Waals surface area contributed by atoms with Crippen LogP contribution in [0.5, 0.6) is 0 Å². The maximum Gasteiger partial charge on any atom is 0.208 e. The van der Waals surface area contributed by atoms with Crippen molar-refractivity contribution in [2.24, 2.45) is 0 Å². The summed E-state index contributed by atoms with van der Waals surface area (Å²) < 4.78 is 1.11. The smallest absolute Gasteiger partial charge is 0.208 e. The van der Waals surface area contributed by atoms with Crippen molar-refractivity contribution in [3.63, 3.8) is 0 Å². The molecule has 0 spiro atoms. The SMILES string of the molecule is CC(O)CONc1nc2ccccc2s1. The third-order valence-corrected chi connectivity index (χ3v) is 2.71. The first-order valence-corrected chi connectivity index (χ1v) is 5.49. The summed E-state index contributed by atoms with van der Waals surface area (Å²) in [4.78, 5) is 9.37. The van der Waals surface area contributed by atoms with Crippen LogP contribution in [-0.4, -0.2) is 22.8 Å². The number of aromatic nitrogens is 1. The second-order valence-corrected chi connectivity index (χ2v) is 4.28. The molecule has 1 heterocycles. The summed E-state index contributed by atoms with van der Waals surface area (Å²) in [5.74, 6) is 0. The fourth-order valence-corrected chi connectivity index (χ4v) is 1.96. The first-order valence-electron chi connectivity index (χ1n) is 4.67. The fourth-order valence-electron chi connectivity index (χ4n) is 1.14. The molecule has 2 N–H and O–H groups in total. The van der Waals surface area contributed by atoms with E-state index in [0.29, 0.717) is 5.13 Å². The van der Waals surface area contributed by atoms with Crippen LogP contribution in [-0.2, 0) is 4.84 Å². The molecule has 1 unspecified atom stereocenters. The molecule has 80 valence electrons. The summed E-state index contributed by atoms with van der Waals surface area (Å²) in [7, 11) is 0. The number of aliphatic hydroxyl groups excluding tert-OH is 1. The second kappa shape index (κ2) is 4.57. The van der Waals surface area contributed by atoms with E-state index in [0.717, 1.165) is 10.2 Å². The van der Waals surface area contributed by atoms with Crippen molar-refractivity contribution in [2.45, 2.75) is 13.0 Å². The maximum absolute atomic E-state index is 8.99. The van der Waals surface area contributed by atoms with Crippen LogP contribution in [0.2, 0.25) is 0 Å². The molecular formula is C10H12N2O2S. The summed E-state index contributed by atoms with van der Waals surface area (Å²) in [5, 5.41) is 9.69. The first kappa shape index (κ1) is 10.4. The lowest BCUT2D eigenvalue weighted by Gasteiger charge is -2.04. The Kier molecular flexibility index (Phi) is 3.15. The lowest BCUT2D eigenvalue weighted by Crippen LogP contribution is -2.13. The number of aliphatic hydroxyl groups is 1. The standard InChI is InChI=1S/C10H12N2O2S/c1-7(13)6-14-12-10-11-8-4-2-3-5-9(8)15-10/h2-5,7,13H,6H2,1H3,(H,11,12). The number of benzene rings is 1. The van der Waals surface area contributed by atoms with Crippen LogP contribution in [0.4, 0.5) is 5.13 Å². The van der Waals surface area contributed by atoms with Crippen molar-refractivity contribution in [1.82, 2.24) is 4.98 Å². The molecule has 0 radical (unpaired) electrons. The highest BCUT2D eigenvalue weighted by Gasteiger charge is 2.02. The minimum Gasteiger partial charge on any atom is -0.391 e. The summed E-state index contributed by atoms with van der Waals surface area (Å²) in [5.41, 5.74) is 3.66. The Morgan fingerprint density at radius 3 is 3.07 bits per heavy atom. The third kappa shape index (κ3) is 2.65. The van der Waals surface area contributed by atoms with Gasteiger partial charge < -0.3 is 5.11 Å². The number of anilines is 1. The van der Waals surface area contributed by atoms with Gasteiger partial charge in [0.2, 0.25) is 5.13 Å². The first-order chi connectivity index (χ1) is 7.25. The van der Waals surface area contributed by atoms with E-state index in [1.807, 2.05) is 24.3 Å². The zero-order valence-corrected chi connectivity index (χ0v) is 9.12. The molecule has 1 atom stereocenters. The number of fused-ring (bicyclic) bond motifs is 1. The van der Waals surface area contributed by atoms with Crippen LogP contribution in [0.3, 0.4) is 0 Å². The van der Waals surface area contributed by atoms with Crippen LogP contribution in [0.15, 0.2) is 24.3 Å². The van der Waals surface area contributed by atoms with Crippen LogP contribution < -0.4 is 5.48 Å². The zero-order chi connectivity index (χ0) is 10.7. The number of para-hydroxylation sites is 1. The van der Waals surface area contributed by atoms with Gasteiger partial charge in [0.05, 0.1) is 16.3 Å². The molecule has 5 heteroatoms. The van der Waals surface area contributed by atoms with E-state index in [9.17, 15) is 0 Å². The van der Waals surface area contributed by atoms with Crippen molar-refractivity contribution in [3.05, 3.63) is 24.3 Å². The molecule has 0 aliphatic heterocycles. The molecule has 0 saturated carbocycles. The Balaban J connectivity index is 2.03. The number of thiazole rings is 1. The monoisotopic (exact) mass is 224 g/mol. The van der Waals surface area contributed by atoms with E-state index < -0.39 is 6.10 Å². The second-order valence-electron chi connectivity index (χ2n) is 3.25. The van der Waals surface area contributed by atoms with Gasteiger partial charge in [-0.05, 0) is 19.1 Å². The van der Waals surface area contributed by atoms with Gasteiger partial charge in [-0.1, -0.05) is 23.5 Å². The van der Waals surface area contributed by atoms with E-state index >= 15 is 0 Å². The molecule has 0 aliphatic carbocycles. The van der Waals surface area contributed by atoms with Crippen molar-refractivity contribution in [2.75, 3.05) is 12.1 Å². The Labute approximate surface area is 91.5 Å². The Bertz CT molecular complexity index is 409. The van der Waals surface area contributed by atoms with Crippen LogP contribution in [0, 0.1) is 0 Å². The molecule has 0 saturated heterocycles. The number of hydrogen-bond acceptors (Lipinski definition) is 5. The molecule has 0 fully saturated rings. The summed E-state index contributed by atoms with van der Waals surface area (Å²) in [6.45, 7) is 1.91. The van der Waals surface area contributed by atoms with Gasteiger partial charge in [0.15, 0.2) is 0 Å². The minimum atomic E-state index is -0.480. The number of nitrogens with one attached hydrogen (secondary N) is 1. The highest BCUT2D eigenvalue weighted by Crippen LogP contribution is 2.25. The van der Waals surface area contributed by atoms with Crippen molar-refractivity contribution < 1.29 is 9.94 Å². The summed E-state index contributed by atoms with van der Waals surface area (Å²) in [6.07, 6.45) is -0.480. The number of nitrogens with zero attached hydrogens (tertiary/aromatic N) is 1. The highest BCUT2D eigenvalue weighted by atomic mass is 32.1. The number of hydrogen-bond donors (Lipinski definition) is 2. The van der Waals surface area contributed by atoms with Crippen LogP contribution >= 0.6 is 11.3 Å². The van der Waals surface area contributed by atoms with E-state index in [-0.39, 0.29) is 6.61 Å². The molecule has 1 aromatic heterocycles. The molecule has 2 aromatic rings. The van der Waals surface area contributed by atoms with E-state index in [2.05, 4.69) is 10.5 Å². The summed E-state index contributed by atoms with van der Waals surface area (Å²) in [6, 6.07) is 7.88. The van der Waals surface area contributed by atoms with Crippen molar-refractivity contribution in [1.29, 1.82) is 0 Å². The van der Waals surface area contributed by atoms with Crippen molar-refractivity contribution in [3.8, 4) is 0 Å². The van der Waals surface area contributed by atoms with Gasteiger partial charge in [0.1, 0.15) is 6.61 Å². The molecule has 4 nitrogen and oxygen atoms in total. The van der Waals surface area contributed by atoms with E-state index in [4.69, 9.17) is 9.94 Å². The van der Waals surface area contributed by atoms with Gasteiger partial charge in [-0.2, -0.15) is 0 Å². The Hall–Kier alpha value is -1.17. The van der Waals surface area contributed by atoms with Crippen molar-refractivity contribution >= 4 is 26.7 Å². The normalized spacial score (nSPS) is 12.9. The lowest BCUT2D eigenvalue weighted by molar-refractivity contribution is 0.0749. The zero-order valence-electron chi connectivity index (χ0n) is 8.30. The molecule has 1 aromatic carbocycles. The molecule has 0 amide bonds. The molecular weight excluding hydrogens is 212 g/mol. The van der Waals surface area contributed by atoms with Gasteiger partial charge >= 0.3 is 0 Å². The third-order valence-electron chi connectivity index (χ3n) is 1.78. The molecule has 2 rings (SSSR count). The number of rotatable bonds is 4. The fraction of sp³-hybridized carbons (Fsp3) is 0.300. The molecule has 15 heavy (non-hydrogen) atoms. The van der Waals surface area contributed by atoms with Gasteiger partial charge in [-0.3, -0.25) is 4.84 Å². The van der Waals surface area contributed by atoms with Crippen LogP contribution in [0.1, 0.15) is 6.92 Å². The predicted molar refractivity (Wildman–Crippen MR) is 60.9 cm³/mol. The van der Waals surface area contributed by atoms with Crippen LogP contribution in [0.25, 0.3) is 10.2 Å². The van der Waals surface area contributed by atoms with Gasteiger partial charge in [-0.15, -0.1) is 0 Å². The minimum absolute atomic E-state index is 0.246. The summed E-state index contributed by atoms with van der Waals surface area (Å²) >= 11 is 1.52. The Morgan fingerprint density at radius 2 is 2.33 bits per heavy atom. The lowest BCUT2D eigenvalue weighted by atomic mass is 10.3. The van der Waals surface area contributed by atoms with Gasteiger partial charge in [0.25, 0.3) is 0 Å². The average molecular weight is 224 g/mol.